The minimum atomic E-state index is -0.180. The molecule has 1 fully saturated rings. The molecule has 1 N–H and O–H groups in total. The molecule has 15 heavy (non-hydrogen) atoms. The Bertz CT molecular complexity index is 276. The van der Waals surface area contributed by atoms with E-state index in [0.717, 1.165) is 0 Å². The van der Waals surface area contributed by atoms with Crippen molar-refractivity contribution >= 4 is 11.8 Å². The predicted molar refractivity (Wildman–Crippen MR) is 55.2 cm³/mol. The Morgan fingerprint density at radius 2 is 2.47 bits per heavy atom. The van der Waals surface area contributed by atoms with Gasteiger partial charge in [0.25, 0.3) is 0 Å². The summed E-state index contributed by atoms with van der Waals surface area (Å²) < 4.78 is 4.77. The van der Waals surface area contributed by atoms with Gasteiger partial charge in [-0.05, 0) is 0 Å². The molecule has 0 saturated carbocycles. The van der Waals surface area contributed by atoms with Crippen molar-refractivity contribution in [3.63, 3.8) is 0 Å². The summed E-state index contributed by atoms with van der Waals surface area (Å²) in [5.74, 6) is -0.110. The molecule has 2 amide bonds. The van der Waals surface area contributed by atoms with E-state index in [1.54, 1.807) is 25.1 Å². The quantitative estimate of drug-likeness (QED) is 0.641. The number of nitrogens with one attached hydrogen (secondary N) is 1. The number of likely N-dealkylation sites (tertiary alicyclic amines) is 1. The monoisotopic (exact) mass is 212 g/mol. The Labute approximate surface area is 89.1 Å². The lowest BCUT2D eigenvalue weighted by molar-refractivity contribution is -0.126. The zero-order valence-electron chi connectivity index (χ0n) is 9.03. The molecule has 1 aliphatic rings. The third kappa shape index (κ3) is 3.71. The third-order valence-corrected chi connectivity index (χ3v) is 2.22. The molecule has 0 aliphatic carbocycles. The maximum Gasteiger partial charge on any atom is 0.244 e. The van der Waals surface area contributed by atoms with Crippen molar-refractivity contribution in [2.75, 3.05) is 27.3 Å². The van der Waals surface area contributed by atoms with Gasteiger partial charge < -0.3 is 15.0 Å². The van der Waals surface area contributed by atoms with Crippen LogP contribution < -0.4 is 5.32 Å². The summed E-state index contributed by atoms with van der Waals surface area (Å²) >= 11 is 0. The second-order valence-corrected chi connectivity index (χ2v) is 3.54. The van der Waals surface area contributed by atoms with Crippen LogP contribution in [0.15, 0.2) is 12.2 Å². The number of ether oxygens (including phenoxy) is 1. The van der Waals surface area contributed by atoms with Crippen LogP contribution in [0.5, 0.6) is 0 Å². The zero-order chi connectivity index (χ0) is 11.3. The first-order valence-corrected chi connectivity index (χ1v) is 4.83. The number of hydrogen-bond acceptors (Lipinski definition) is 3. The lowest BCUT2D eigenvalue weighted by Crippen LogP contribution is -2.35. The van der Waals surface area contributed by atoms with Gasteiger partial charge in [-0.2, -0.15) is 0 Å². The average Bonchev–Trinajstić information content (AvgIpc) is 2.46. The fourth-order valence-corrected chi connectivity index (χ4v) is 1.46. The van der Waals surface area contributed by atoms with E-state index in [1.165, 1.54) is 6.08 Å². The molecule has 0 bridgehead atoms. The van der Waals surface area contributed by atoms with Gasteiger partial charge in [-0.15, -0.1) is 0 Å². The van der Waals surface area contributed by atoms with Crippen LogP contribution in [-0.4, -0.2) is 50.1 Å². The first-order chi connectivity index (χ1) is 7.13. The highest BCUT2D eigenvalue weighted by Gasteiger charge is 2.27. The lowest BCUT2D eigenvalue weighted by atomic mass is 10.2. The van der Waals surface area contributed by atoms with Crippen LogP contribution in [-0.2, 0) is 14.3 Å². The van der Waals surface area contributed by atoms with E-state index in [2.05, 4.69) is 5.32 Å². The number of rotatable bonds is 4. The Morgan fingerprint density at radius 3 is 3.00 bits per heavy atom. The molecule has 1 heterocycles. The standard InChI is InChI=1S/C10H16N2O3/c1-12-7-8(6-10(12)14)11-9(13)4-3-5-15-2/h3-4,8H,5-7H2,1-2H3,(H,11,13)/b4-3+. The van der Waals surface area contributed by atoms with E-state index in [9.17, 15) is 9.59 Å². The van der Waals surface area contributed by atoms with Crippen LogP contribution in [0.25, 0.3) is 0 Å². The van der Waals surface area contributed by atoms with E-state index < -0.39 is 0 Å². The zero-order valence-corrected chi connectivity index (χ0v) is 9.03. The Kier molecular flexibility index (Phi) is 4.30. The fourth-order valence-electron chi connectivity index (χ4n) is 1.46. The van der Waals surface area contributed by atoms with Crippen LogP contribution in [0.1, 0.15) is 6.42 Å². The van der Waals surface area contributed by atoms with Gasteiger partial charge in [-0.25, -0.2) is 0 Å². The summed E-state index contributed by atoms with van der Waals surface area (Å²) in [5, 5.41) is 2.75. The SMILES string of the molecule is COC/C=C/C(=O)NC1CC(=O)N(C)C1. The van der Waals surface area contributed by atoms with Gasteiger partial charge in [0.05, 0.1) is 12.6 Å². The predicted octanol–water partition coefficient (Wildman–Crippen LogP) is -0.464. The van der Waals surface area contributed by atoms with Crippen molar-refractivity contribution < 1.29 is 14.3 Å². The third-order valence-electron chi connectivity index (χ3n) is 2.22. The molecule has 0 aromatic heterocycles. The highest BCUT2D eigenvalue weighted by molar-refractivity contribution is 5.89. The second kappa shape index (κ2) is 5.50. The van der Waals surface area contributed by atoms with Crippen molar-refractivity contribution in [3.8, 4) is 0 Å². The number of nitrogens with zero attached hydrogens (tertiary/aromatic N) is 1. The number of carbonyl (C=O) groups is 2. The minimum Gasteiger partial charge on any atom is -0.381 e. The molecule has 0 spiro atoms. The first kappa shape index (κ1) is 11.7. The number of methoxy groups -OCH3 is 1. The molecule has 0 aromatic carbocycles. The second-order valence-electron chi connectivity index (χ2n) is 3.54. The molecular formula is C10H16N2O3. The van der Waals surface area contributed by atoms with Gasteiger partial charge in [0, 0.05) is 33.2 Å². The van der Waals surface area contributed by atoms with Gasteiger partial charge in [0.15, 0.2) is 0 Å². The van der Waals surface area contributed by atoms with Gasteiger partial charge in [-0.3, -0.25) is 9.59 Å². The summed E-state index contributed by atoms with van der Waals surface area (Å²) in [5.41, 5.74) is 0. The number of carbonyl (C=O) groups excluding carboxylic acids is 2. The molecule has 5 heteroatoms. The van der Waals surface area contributed by atoms with Gasteiger partial charge in [0.1, 0.15) is 0 Å². The maximum atomic E-state index is 11.3. The normalized spacial score (nSPS) is 21.3. The van der Waals surface area contributed by atoms with Gasteiger partial charge in [-0.1, -0.05) is 6.08 Å². The van der Waals surface area contributed by atoms with Crippen molar-refractivity contribution in [2.45, 2.75) is 12.5 Å². The highest BCUT2D eigenvalue weighted by atomic mass is 16.5. The van der Waals surface area contributed by atoms with Crippen LogP contribution in [0, 0.1) is 0 Å². The van der Waals surface area contributed by atoms with Gasteiger partial charge in [0.2, 0.25) is 11.8 Å². The molecule has 0 radical (unpaired) electrons. The van der Waals surface area contributed by atoms with E-state index in [-0.39, 0.29) is 17.9 Å². The summed E-state index contributed by atoms with van der Waals surface area (Å²) in [7, 11) is 3.29. The lowest BCUT2D eigenvalue weighted by Gasteiger charge is -2.10. The van der Waals surface area contributed by atoms with Crippen LogP contribution in [0.2, 0.25) is 0 Å². The highest BCUT2D eigenvalue weighted by Crippen LogP contribution is 2.07. The first-order valence-electron chi connectivity index (χ1n) is 4.83. The number of hydrogen-bond donors (Lipinski definition) is 1. The summed E-state index contributed by atoms with van der Waals surface area (Å²) in [6, 6.07) is -0.0674. The van der Waals surface area contributed by atoms with Crippen molar-refractivity contribution in [1.82, 2.24) is 10.2 Å². The molecule has 1 saturated heterocycles. The summed E-state index contributed by atoms with van der Waals surface area (Å²) in [6.45, 7) is 1.000. The minimum absolute atomic E-state index is 0.0674. The molecular weight excluding hydrogens is 196 g/mol. The van der Waals surface area contributed by atoms with E-state index in [1.807, 2.05) is 0 Å². The van der Waals surface area contributed by atoms with Crippen molar-refractivity contribution in [2.24, 2.45) is 0 Å². The van der Waals surface area contributed by atoms with Crippen LogP contribution in [0.3, 0.4) is 0 Å². The van der Waals surface area contributed by atoms with Crippen molar-refractivity contribution in [3.05, 3.63) is 12.2 Å². The molecule has 84 valence electrons. The summed E-state index contributed by atoms with van der Waals surface area (Å²) in [4.78, 5) is 24.1. The molecule has 1 unspecified atom stereocenters. The van der Waals surface area contributed by atoms with E-state index in [0.29, 0.717) is 19.6 Å². The molecule has 0 aromatic rings. The van der Waals surface area contributed by atoms with E-state index >= 15 is 0 Å². The largest absolute Gasteiger partial charge is 0.381 e. The van der Waals surface area contributed by atoms with Crippen molar-refractivity contribution in [1.29, 1.82) is 0 Å². The molecule has 1 rings (SSSR count). The van der Waals surface area contributed by atoms with Gasteiger partial charge >= 0.3 is 0 Å². The Morgan fingerprint density at radius 1 is 1.73 bits per heavy atom. The average molecular weight is 212 g/mol. The smallest absolute Gasteiger partial charge is 0.244 e. The fraction of sp³-hybridized carbons (Fsp3) is 0.600. The molecule has 1 aliphatic heterocycles. The van der Waals surface area contributed by atoms with E-state index in [4.69, 9.17) is 4.74 Å². The number of likely N-dealkylation sites (N-methyl/N-ethyl adjacent to an activating group) is 1. The molecule has 1 atom stereocenters. The molecule has 5 nitrogen and oxygen atoms in total. The van der Waals surface area contributed by atoms with Crippen LogP contribution >= 0.6 is 0 Å². The van der Waals surface area contributed by atoms with Crippen LogP contribution in [0.4, 0.5) is 0 Å². The number of amides is 2. The summed E-state index contributed by atoms with van der Waals surface area (Å²) in [6.07, 6.45) is 3.45. The Hall–Kier alpha value is -1.36. The maximum absolute atomic E-state index is 11.3. The Balaban J connectivity index is 2.30. The topological polar surface area (TPSA) is 58.6 Å².